The molecule has 1 atom stereocenters. The molecule has 2 aliphatic heterocycles. The number of carbonyl (C=O) groups excluding carboxylic acids is 3. The SMILES string of the molecule is COc1ccc(CNC(=O)CC2N=C3c4ccccc4N=C(SCC(N)=O)N3C2=O)cc1. The number of benzene rings is 2. The van der Waals surface area contributed by atoms with E-state index < -0.39 is 11.9 Å². The number of nitrogens with zero attached hydrogens (tertiary/aromatic N) is 3. The van der Waals surface area contributed by atoms with Crippen molar-refractivity contribution in [3.63, 3.8) is 0 Å². The first-order valence-electron chi connectivity index (χ1n) is 9.87. The topological polar surface area (TPSA) is 126 Å². The standard InChI is InChI=1S/C22H21N5O4S/c1-31-14-8-6-13(7-9-14)11-24-19(29)10-17-21(30)27-20(25-17)15-4-2-3-5-16(15)26-22(27)32-12-18(23)28/h2-9,17H,10-12H2,1H3,(H2,23,28)(H,24,29). The fraction of sp³-hybridized carbons (Fsp3) is 0.227. The van der Waals surface area contributed by atoms with E-state index >= 15 is 0 Å². The Bertz CT molecular complexity index is 1130. The number of hydrogen-bond donors (Lipinski definition) is 2. The number of thioether (sulfide) groups is 1. The Morgan fingerprint density at radius 1 is 1.19 bits per heavy atom. The van der Waals surface area contributed by atoms with Crippen LogP contribution < -0.4 is 15.8 Å². The zero-order chi connectivity index (χ0) is 22.7. The molecular weight excluding hydrogens is 430 g/mol. The Labute approximate surface area is 188 Å². The maximum absolute atomic E-state index is 13.1. The lowest BCUT2D eigenvalue weighted by Crippen LogP contribution is -2.42. The average molecular weight is 452 g/mol. The highest BCUT2D eigenvalue weighted by Gasteiger charge is 2.42. The van der Waals surface area contributed by atoms with Gasteiger partial charge in [0.1, 0.15) is 17.6 Å². The number of methoxy groups -OCH3 is 1. The van der Waals surface area contributed by atoms with Crippen LogP contribution in [0.3, 0.4) is 0 Å². The molecule has 3 N–H and O–H groups in total. The maximum atomic E-state index is 13.1. The van der Waals surface area contributed by atoms with Gasteiger partial charge >= 0.3 is 0 Å². The normalized spacial score (nSPS) is 16.6. The van der Waals surface area contributed by atoms with Crippen LogP contribution in [0.25, 0.3) is 0 Å². The number of fused-ring (bicyclic) bond motifs is 3. The molecule has 0 aliphatic carbocycles. The predicted molar refractivity (Wildman–Crippen MR) is 122 cm³/mol. The number of carbonyl (C=O) groups is 3. The second kappa shape index (κ2) is 9.23. The molecule has 32 heavy (non-hydrogen) atoms. The molecule has 4 rings (SSSR count). The van der Waals surface area contributed by atoms with Crippen LogP contribution in [0, 0.1) is 0 Å². The number of aliphatic imine (C=N–C) groups is 2. The Morgan fingerprint density at radius 3 is 2.66 bits per heavy atom. The smallest absolute Gasteiger partial charge is 0.259 e. The fourth-order valence-electron chi connectivity index (χ4n) is 3.36. The van der Waals surface area contributed by atoms with Gasteiger partial charge in [-0.15, -0.1) is 0 Å². The minimum absolute atomic E-state index is 0.0227. The molecular formula is C22H21N5O4S. The highest BCUT2D eigenvalue weighted by molar-refractivity contribution is 8.14. The first-order chi connectivity index (χ1) is 15.5. The second-order valence-electron chi connectivity index (χ2n) is 7.14. The molecule has 2 aliphatic rings. The molecule has 3 amide bonds. The average Bonchev–Trinajstić information content (AvgIpc) is 3.12. The van der Waals surface area contributed by atoms with Crippen LogP contribution in [-0.4, -0.2) is 52.5 Å². The Balaban J connectivity index is 1.47. The number of primary amides is 1. The number of nitrogens with one attached hydrogen (secondary N) is 1. The van der Waals surface area contributed by atoms with Crippen molar-refractivity contribution in [1.29, 1.82) is 0 Å². The van der Waals surface area contributed by atoms with E-state index in [4.69, 9.17) is 10.5 Å². The van der Waals surface area contributed by atoms with E-state index in [2.05, 4.69) is 15.3 Å². The van der Waals surface area contributed by atoms with E-state index in [1.54, 1.807) is 13.2 Å². The van der Waals surface area contributed by atoms with Crippen LogP contribution in [0.1, 0.15) is 17.5 Å². The van der Waals surface area contributed by atoms with Gasteiger partial charge < -0.3 is 15.8 Å². The van der Waals surface area contributed by atoms with Crippen LogP contribution in [0.4, 0.5) is 5.69 Å². The third kappa shape index (κ3) is 4.50. The van der Waals surface area contributed by atoms with Crippen molar-refractivity contribution in [2.75, 3.05) is 12.9 Å². The van der Waals surface area contributed by atoms with Crippen LogP contribution in [0.5, 0.6) is 5.75 Å². The van der Waals surface area contributed by atoms with Crippen molar-refractivity contribution < 1.29 is 19.1 Å². The van der Waals surface area contributed by atoms with Gasteiger partial charge in [-0.05, 0) is 29.8 Å². The third-order valence-corrected chi connectivity index (χ3v) is 5.88. The summed E-state index contributed by atoms with van der Waals surface area (Å²) in [5.41, 5.74) is 7.51. The van der Waals surface area contributed by atoms with Crippen molar-refractivity contribution in [1.82, 2.24) is 10.2 Å². The molecule has 2 heterocycles. The molecule has 9 nitrogen and oxygen atoms in total. The summed E-state index contributed by atoms with van der Waals surface area (Å²) >= 11 is 1.07. The first kappa shape index (κ1) is 21.6. The number of hydrogen-bond acceptors (Lipinski definition) is 7. The molecule has 0 aromatic heterocycles. The van der Waals surface area contributed by atoms with Gasteiger partial charge in [0.2, 0.25) is 11.8 Å². The van der Waals surface area contributed by atoms with Gasteiger partial charge in [0.25, 0.3) is 5.91 Å². The molecule has 0 saturated heterocycles. The summed E-state index contributed by atoms with van der Waals surface area (Å²) in [7, 11) is 1.59. The fourth-order valence-corrected chi connectivity index (χ4v) is 4.10. The lowest BCUT2D eigenvalue weighted by atomic mass is 10.1. The number of nitrogens with two attached hydrogens (primary N) is 1. The quantitative estimate of drug-likeness (QED) is 0.661. The molecule has 2 aromatic carbocycles. The lowest BCUT2D eigenvalue weighted by Gasteiger charge is -2.25. The number of amidine groups is 2. The Morgan fingerprint density at radius 2 is 1.94 bits per heavy atom. The van der Waals surface area contributed by atoms with Gasteiger partial charge in [-0.2, -0.15) is 0 Å². The summed E-state index contributed by atoms with van der Waals surface area (Å²) in [4.78, 5) is 47.3. The molecule has 2 aromatic rings. The molecule has 0 radical (unpaired) electrons. The molecule has 10 heteroatoms. The van der Waals surface area contributed by atoms with E-state index in [1.165, 1.54) is 4.90 Å². The van der Waals surface area contributed by atoms with Gasteiger partial charge in [-0.3, -0.25) is 19.4 Å². The van der Waals surface area contributed by atoms with Crippen LogP contribution in [0.15, 0.2) is 58.5 Å². The summed E-state index contributed by atoms with van der Waals surface area (Å²) in [5.74, 6) is -0.0251. The minimum atomic E-state index is -0.869. The van der Waals surface area contributed by atoms with Crippen molar-refractivity contribution in [2.45, 2.75) is 19.0 Å². The Hall–Kier alpha value is -3.66. The summed E-state index contributed by atoms with van der Waals surface area (Å²) < 4.78 is 5.12. The highest BCUT2D eigenvalue weighted by Crippen LogP contribution is 2.33. The summed E-state index contributed by atoms with van der Waals surface area (Å²) in [6.45, 7) is 0.327. The zero-order valence-corrected chi connectivity index (χ0v) is 18.1. The molecule has 0 fully saturated rings. The maximum Gasteiger partial charge on any atom is 0.259 e. The molecule has 1 unspecified atom stereocenters. The number of para-hydroxylation sites is 1. The minimum Gasteiger partial charge on any atom is -0.497 e. The number of amides is 3. The predicted octanol–water partition coefficient (Wildman–Crippen LogP) is 1.58. The van der Waals surface area contributed by atoms with E-state index in [-0.39, 0.29) is 24.0 Å². The van der Waals surface area contributed by atoms with E-state index in [9.17, 15) is 14.4 Å². The van der Waals surface area contributed by atoms with E-state index in [1.807, 2.05) is 42.5 Å². The monoisotopic (exact) mass is 451 g/mol. The van der Waals surface area contributed by atoms with E-state index in [0.717, 1.165) is 23.1 Å². The lowest BCUT2D eigenvalue weighted by molar-refractivity contribution is -0.128. The second-order valence-corrected chi connectivity index (χ2v) is 8.08. The van der Waals surface area contributed by atoms with Crippen molar-refractivity contribution >= 4 is 46.2 Å². The van der Waals surface area contributed by atoms with Crippen molar-refractivity contribution in [3.8, 4) is 5.75 Å². The van der Waals surface area contributed by atoms with Crippen LogP contribution in [-0.2, 0) is 20.9 Å². The summed E-state index contributed by atoms with van der Waals surface area (Å²) in [5, 5.41) is 3.15. The highest BCUT2D eigenvalue weighted by atomic mass is 32.2. The largest absolute Gasteiger partial charge is 0.497 e. The van der Waals surface area contributed by atoms with E-state index in [0.29, 0.717) is 28.8 Å². The number of rotatable bonds is 7. The first-order valence-corrected chi connectivity index (χ1v) is 10.9. The molecule has 0 spiro atoms. The van der Waals surface area contributed by atoms with Crippen molar-refractivity contribution in [2.24, 2.45) is 15.7 Å². The van der Waals surface area contributed by atoms with Gasteiger partial charge in [-0.25, -0.2) is 9.89 Å². The molecule has 164 valence electrons. The summed E-state index contributed by atoms with van der Waals surface area (Å²) in [6, 6.07) is 13.8. The van der Waals surface area contributed by atoms with Crippen LogP contribution in [0.2, 0.25) is 0 Å². The molecule has 0 saturated carbocycles. The van der Waals surface area contributed by atoms with Gasteiger partial charge in [-0.1, -0.05) is 36.0 Å². The van der Waals surface area contributed by atoms with Gasteiger partial charge in [0, 0.05) is 12.1 Å². The zero-order valence-electron chi connectivity index (χ0n) is 17.3. The molecule has 0 bridgehead atoms. The summed E-state index contributed by atoms with van der Waals surface area (Å²) in [6.07, 6.45) is -0.0923. The Kier molecular flexibility index (Phi) is 6.22. The third-order valence-electron chi connectivity index (χ3n) is 4.92. The van der Waals surface area contributed by atoms with Gasteiger partial charge in [0.15, 0.2) is 5.17 Å². The number of ether oxygens (including phenoxy) is 1. The van der Waals surface area contributed by atoms with Crippen LogP contribution >= 0.6 is 11.8 Å². The van der Waals surface area contributed by atoms with Gasteiger partial charge in [0.05, 0.1) is 25.0 Å². The van der Waals surface area contributed by atoms with Crippen molar-refractivity contribution in [3.05, 3.63) is 59.7 Å².